The van der Waals surface area contributed by atoms with Crippen LogP contribution in [0.3, 0.4) is 0 Å². The van der Waals surface area contributed by atoms with E-state index in [9.17, 15) is 9.59 Å². The van der Waals surface area contributed by atoms with E-state index in [0.717, 1.165) is 10.4 Å². The highest BCUT2D eigenvalue weighted by molar-refractivity contribution is 7.13. The first-order valence-electron chi connectivity index (χ1n) is 7.17. The number of carbonyl (C=O) groups excluding carboxylic acids is 1. The van der Waals surface area contributed by atoms with Crippen molar-refractivity contribution in [3.05, 3.63) is 65.5 Å². The first kappa shape index (κ1) is 15.9. The average Bonchev–Trinajstić information content (AvgIpc) is 3.25. The fraction of sp³-hybridized carbons (Fsp3) is 0.118. The highest BCUT2D eigenvalue weighted by atomic mass is 32.1. The van der Waals surface area contributed by atoms with Gasteiger partial charge < -0.3 is 14.4 Å². The van der Waals surface area contributed by atoms with Crippen LogP contribution in [0.2, 0.25) is 0 Å². The van der Waals surface area contributed by atoms with E-state index < -0.39 is 18.4 Å². The molecule has 0 bridgehead atoms. The van der Waals surface area contributed by atoms with E-state index in [-0.39, 0.29) is 12.2 Å². The highest BCUT2D eigenvalue weighted by Crippen LogP contribution is 2.28. The Hall–Kier alpha value is -2.93. The molecule has 24 heavy (non-hydrogen) atoms. The van der Waals surface area contributed by atoms with Gasteiger partial charge in [-0.3, -0.25) is 9.59 Å². The van der Waals surface area contributed by atoms with Gasteiger partial charge >= 0.3 is 5.97 Å². The largest absolute Gasteiger partial charge is 0.480 e. The van der Waals surface area contributed by atoms with Gasteiger partial charge in [0.15, 0.2) is 17.8 Å². The second-order valence-corrected chi connectivity index (χ2v) is 6.00. The van der Waals surface area contributed by atoms with Crippen LogP contribution < -0.4 is 0 Å². The number of thiophene rings is 1. The maximum Gasteiger partial charge on any atom is 0.323 e. The molecule has 0 fully saturated rings. The summed E-state index contributed by atoms with van der Waals surface area (Å²) < 4.78 is 5.34. The van der Waals surface area contributed by atoms with Crippen molar-refractivity contribution in [1.82, 2.24) is 9.88 Å². The van der Waals surface area contributed by atoms with E-state index in [1.54, 1.807) is 0 Å². The standard InChI is InChI=1S/C17H14N2O4S/c20-14(21)10-19(9-12-5-2-1-3-6-12)17(22)15-16(23-11-18-15)13-7-4-8-24-13/h1-8,11H,9-10H2,(H,20,21). The lowest BCUT2D eigenvalue weighted by atomic mass is 10.2. The number of hydrogen-bond donors (Lipinski definition) is 1. The van der Waals surface area contributed by atoms with Crippen LogP contribution in [0.1, 0.15) is 16.1 Å². The molecular weight excluding hydrogens is 328 g/mol. The maximum absolute atomic E-state index is 12.8. The SMILES string of the molecule is O=C(O)CN(Cc1ccccc1)C(=O)c1ncoc1-c1cccs1. The zero-order valence-corrected chi connectivity index (χ0v) is 13.4. The predicted octanol–water partition coefficient (Wildman–Crippen LogP) is 3.13. The molecule has 1 N–H and O–H groups in total. The monoisotopic (exact) mass is 342 g/mol. The smallest absolute Gasteiger partial charge is 0.323 e. The Bertz CT molecular complexity index is 827. The third-order valence-electron chi connectivity index (χ3n) is 3.34. The molecule has 0 saturated carbocycles. The lowest BCUT2D eigenvalue weighted by molar-refractivity contribution is -0.137. The molecule has 0 aliphatic carbocycles. The first-order valence-corrected chi connectivity index (χ1v) is 8.05. The molecule has 0 unspecified atom stereocenters. The van der Waals surface area contributed by atoms with E-state index in [2.05, 4.69) is 4.98 Å². The molecule has 2 aromatic heterocycles. The fourth-order valence-corrected chi connectivity index (χ4v) is 3.01. The number of carbonyl (C=O) groups is 2. The summed E-state index contributed by atoms with van der Waals surface area (Å²) in [7, 11) is 0. The van der Waals surface area contributed by atoms with Crippen LogP contribution in [0.15, 0.2) is 58.7 Å². The van der Waals surface area contributed by atoms with Crippen molar-refractivity contribution >= 4 is 23.2 Å². The van der Waals surface area contributed by atoms with Crippen LogP contribution in [0.5, 0.6) is 0 Å². The first-order chi connectivity index (χ1) is 11.6. The summed E-state index contributed by atoms with van der Waals surface area (Å²) in [6.45, 7) is -0.229. The minimum Gasteiger partial charge on any atom is -0.480 e. The molecule has 122 valence electrons. The predicted molar refractivity (Wildman–Crippen MR) is 88.6 cm³/mol. The minimum atomic E-state index is -1.08. The van der Waals surface area contributed by atoms with E-state index in [4.69, 9.17) is 9.52 Å². The van der Waals surface area contributed by atoms with E-state index >= 15 is 0 Å². The van der Waals surface area contributed by atoms with Crippen LogP contribution in [0, 0.1) is 0 Å². The van der Waals surface area contributed by atoms with Gasteiger partial charge in [-0.2, -0.15) is 0 Å². The zero-order chi connectivity index (χ0) is 16.9. The maximum atomic E-state index is 12.8. The van der Waals surface area contributed by atoms with Crippen LogP contribution in [-0.2, 0) is 11.3 Å². The van der Waals surface area contributed by atoms with E-state index in [0.29, 0.717) is 5.76 Å². The molecule has 0 saturated heterocycles. The average molecular weight is 342 g/mol. The van der Waals surface area contributed by atoms with Crippen LogP contribution in [0.4, 0.5) is 0 Å². The van der Waals surface area contributed by atoms with Crippen molar-refractivity contribution in [1.29, 1.82) is 0 Å². The second-order valence-electron chi connectivity index (χ2n) is 5.05. The highest BCUT2D eigenvalue weighted by Gasteiger charge is 2.25. The fourth-order valence-electron chi connectivity index (χ4n) is 2.30. The van der Waals surface area contributed by atoms with Gasteiger partial charge in [-0.15, -0.1) is 11.3 Å². The molecule has 1 aromatic carbocycles. The van der Waals surface area contributed by atoms with Crippen LogP contribution in [-0.4, -0.2) is 33.4 Å². The molecule has 6 nitrogen and oxygen atoms in total. The lowest BCUT2D eigenvalue weighted by Crippen LogP contribution is -2.35. The Morgan fingerprint density at radius 1 is 1.17 bits per heavy atom. The number of amides is 1. The van der Waals surface area contributed by atoms with Gasteiger partial charge in [0.25, 0.3) is 5.91 Å². The van der Waals surface area contributed by atoms with Crippen molar-refractivity contribution in [3.63, 3.8) is 0 Å². The quantitative estimate of drug-likeness (QED) is 0.744. The molecule has 2 heterocycles. The van der Waals surface area contributed by atoms with Crippen molar-refractivity contribution in [3.8, 4) is 10.6 Å². The Balaban J connectivity index is 1.89. The Morgan fingerprint density at radius 3 is 2.62 bits per heavy atom. The Labute approximate surface area is 142 Å². The topological polar surface area (TPSA) is 83.6 Å². The molecule has 0 atom stereocenters. The number of aromatic nitrogens is 1. The molecule has 1 amide bonds. The van der Waals surface area contributed by atoms with Gasteiger partial charge in [0, 0.05) is 6.54 Å². The number of benzene rings is 1. The number of aliphatic carboxylic acids is 1. The summed E-state index contributed by atoms with van der Waals surface area (Å²) in [5.41, 5.74) is 0.961. The van der Waals surface area contributed by atoms with Gasteiger partial charge in [-0.1, -0.05) is 36.4 Å². The molecule has 0 spiro atoms. The van der Waals surface area contributed by atoms with Crippen LogP contribution >= 0.6 is 11.3 Å². The number of nitrogens with zero attached hydrogens (tertiary/aromatic N) is 2. The summed E-state index contributed by atoms with van der Waals surface area (Å²) in [5.74, 6) is -1.20. The van der Waals surface area contributed by atoms with Crippen molar-refractivity contribution in [2.45, 2.75) is 6.54 Å². The number of carboxylic acid groups (broad SMARTS) is 1. The summed E-state index contributed by atoms with van der Waals surface area (Å²) in [6, 6.07) is 12.9. The summed E-state index contributed by atoms with van der Waals surface area (Å²) in [5, 5.41) is 11.0. The van der Waals surface area contributed by atoms with Gasteiger partial charge in [0.05, 0.1) is 4.88 Å². The Morgan fingerprint density at radius 2 is 1.96 bits per heavy atom. The van der Waals surface area contributed by atoms with E-state index in [1.165, 1.54) is 22.6 Å². The van der Waals surface area contributed by atoms with Crippen molar-refractivity contribution in [2.24, 2.45) is 0 Å². The zero-order valence-electron chi connectivity index (χ0n) is 12.6. The van der Waals surface area contributed by atoms with Gasteiger partial charge in [0.1, 0.15) is 6.54 Å². The molecular formula is C17H14N2O4S. The molecule has 3 aromatic rings. The van der Waals surface area contributed by atoms with Gasteiger partial charge in [-0.25, -0.2) is 4.98 Å². The third kappa shape index (κ3) is 3.52. The number of oxazole rings is 1. The lowest BCUT2D eigenvalue weighted by Gasteiger charge is -2.20. The van der Waals surface area contributed by atoms with Crippen molar-refractivity contribution < 1.29 is 19.1 Å². The molecule has 0 radical (unpaired) electrons. The van der Waals surface area contributed by atoms with Crippen LogP contribution in [0.25, 0.3) is 10.6 Å². The van der Waals surface area contributed by atoms with E-state index in [1.807, 2.05) is 47.8 Å². The molecule has 7 heteroatoms. The number of carboxylic acids is 1. The molecule has 3 rings (SSSR count). The van der Waals surface area contributed by atoms with Gasteiger partial charge in [-0.05, 0) is 17.0 Å². The summed E-state index contributed by atoms with van der Waals surface area (Å²) >= 11 is 1.42. The number of rotatable bonds is 6. The van der Waals surface area contributed by atoms with Gasteiger partial charge in [0.2, 0.25) is 0 Å². The third-order valence-corrected chi connectivity index (χ3v) is 4.21. The summed E-state index contributed by atoms with van der Waals surface area (Å²) in [4.78, 5) is 30.0. The molecule has 0 aliphatic rings. The normalized spacial score (nSPS) is 10.5. The minimum absolute atomic E-state index is 0.120. The summed E-state index contributed by atoms with van der Waals surface area (Å²) in [6.07, 6.45) is 1.20. The number of hydrogen-bond acceptors (Lipinski definition) is 5. The molecule has 0 aliphatic heterocycles. The Kier molecular flexibility index (Phi) is 4.72. The second kappa shape index (κ2) is 7.10. The van der Waals surface area contributed by atoms with Crippen molar-refractivity contribution in [2.75, 3.05) is 6.54 Å².